The van der Waals surface area contributed by atoms with E-state index in [-0.39, 0.29) is 12.1 Å². The predicted molar refractivity (Wildman–Crippen MR) is 51.4 cm³/mol. The normalized spacial score (nSPS) is 10.1. The Morgan fingerprint density at radius 2 is 2.21 bits per heavy atom. The van der Waals surface area contributed by atoms with Gasteiger partial charge in [-0.2, -0.15) is 0 Å². The number of carboxylic acid groups (broad SMARTS) is 1. The molecule has 4 heteroatoms. The van der Waals surface area contributed by atoms with E-state index >= 15 is 0 Å². The van der Waals surface area contributed by atoms with E-state index in [0.29, 0.717) is 18.4 Å². The lowest BCUT2D eigenvalue weighted by atomic mass is 10.1. The van der Waals surface area contributed by atoms with Gasteiger partial charge in [0.15, 0.2) is 0 Å². The Kier molecular flexibility index (Phi) is 3.45. The fraction of sp³-hybridized carbons (Fsp3) is 0.300. The number of hydrogen-bond acceptors (Lipinski definition) is 2. The van der Waals surface area contributed by atoms with Gasteiger partial charge in [-0.25, -0.2) is 4.39 Å². The van der Waals surface area contributed by atoms with Crippen LogP contribution in [-0.2, 0) is 11.2 Å². The molecule has 1 aromatic rings. The summed E-state index contributed by atoms with van der Waals surface area (Å²) in [5.41, 5.74) is 6.27. The van der Waals surface area contributed by atoms with Gasteiger partial charge in [-0.3, -0.25) is 4.79 Å². The molecule has 1 aromatic carbocycles. The monoisotopic (exact) mass is 197 g/mol. The highest BCUT2D eigenvalue weighted by Gasteiger charge is 2.04. The minimum absolute atomic E-state index is 0.0793. The number of aryl methyl sites for hydroxylation is 1. The van der Waals surface area contributed by atoms with E-state index in [2.05, 4.69) is 0 Å². The quantitative estimate of drug-likeness (QED) is 0.723. The molecule has 0 fully saturated rings. The summed E-state index contributed by atoms with van der Waals surface area (Å²) in [7, 11) is 0. The SMILES string of the molecule is Nc1c(F)cccc1CCCC(=O)O. The summed E-state index contributed by atoms with van der Waals surface area (Å²) >= 11 is 0. The first-order valence-corrected chi connectivity index (χ1v) is 4.36. The fourth-order valence-electron chi connectivity index (χ4n) is 1.23. The third-order valence-electron chi connectivity index (χ3n) is 1.98. The lowest BCUT2D eigenvalue weighted by Gasteiger charge is -2.04. The molecule has 1 rings (SSSR count). The van der Waals surface area contributed by atoms with Gasteiger partial charge >= 0.3 is 5.97 Å². The number of nitrogens with two attached hydrogens (primary N) is 1. The molecule has 0 saturated heterocycles. The highest BCUT2D eigenvalue weighted by atomic mass is 19.1. The molecule has 3 nitrogen and oxygen atoms in total. The molecule has 0 heterocycles. The summed E-state index contributed by atoms with van der Waals surface area (Å²) in [6, 6.07) is 4.57. The van der Waals surface area contributed by atoms with Crippen LogP contribution in [0.2, 0.25) is 0 Å². The largest absolute Gasteiger partial charge is 0.481 e. The maximum atomic E-state index is 12.9. The molecule has 0 amide bonds. The highest BCUT2D eigenvalue weighted by molar-refractivity contribution is 5.66. The first kappa shape index (κ1) is 10.5. The van der Waals surface area contributed by atoms with Crippen molar-refractivity contribution in [1.82, 2.24) is 0 Å². The van der Waals surface area contributed by atoms with E-state index in [9.17, 15) is 9.18 Å². The lowest BCUT2D eigenvalue weighted by molar-refractivity contribution is -0.137. The van der Waals surface area contributed by atoms with Crippen LogP contribution in [0.4, 0.5) is 10.1 Å². The average molecular weight is 197 g/mol. The number of carboxylic acids is 1. The van der Waals surface area contributed by atoms with Crippen molar-refractivity contribution in [2.45, 2.75) is 19.3 Å². The third-order valence-corrected chi connectivity index (χ3v) is 1.98. The van der Waals surface area contributed by atoms with Gasteiger partial charge in [0, 0.05) is 6.42 Å². The van der Waals surface area contributed by atoms with Crippen LogP contribution in [0.15, 0.2) is 18.2 Å². The maximum absolute atomic E-state index is 12.9. The molecule has 0 bridgehead atoms. The lowest BCUT2D eigenvalue weighted by Crippen LogP contribution is -2.00. The van der Waals surface area contributed by atoms with E-state index < -0.39 is 11.8 Å². The fourth-order valence-corrected chi connectivity index (χ4v) is 1.23. The van der Waals surface area contributed by atoms with E-state index in [1.165, 1.54) is 6.07 Å². The Hall–Kier alpha value is -1.58. The molecule has 3 N–H and O–H groups in total. The number of anilines is 1. The molecular weight excluding hydrogens is 185 g/mol. The summed E-state index contributed by atoms with van der Waals surface area (Å²) in [5.74, 6) is -1.29. The van der Waals surface area contributed by atoms with Crippen molar-refractivity contribution in [3.63, 3.8) is 0 Å². The Morgan fingerprint density at radius 1 is 1.50 bits per heavy atom. The Morgan fingerprint density at radius 3 is 2.86 bits per heavy atom. The van der Waals surface area contributed by atoms with Crippen LogP contribution < -0.4 is 5.73 Å². The van der Waals surface area contributed by atoms with Crippen LogP contribution >= 0.6 is 0 Å². The van der Waals surface area contributed by atoms with Crippen LogP contribution in [0.3, 0.4) is 0 Å². The van der Waals surface area contributed by atoms with Crippen LogP contribution in [0.5, 0.6) is 0 Å². The van der Waals surface area contributed by atoms with Crippen molar-refractivity contribution in [1.29, 1.82) is 0 Å². The second-order valence-electron chi connectivity index (χ2n) is 3.06. The minimum Gasteiger partial charge on any atom is -0.481 e. The molecule has 76 valence electrons. The van der Waals surface area contributed by atoms with Gasteiger partial charge in [-0.15, -0.1) is 0 Å². The van der Waals surface area contributed by atoms with E-state index in [1.54, 1.807) is 12.1 Å². The first-order chi connectivity index (χ1) is 6.61. The highest BCUT2D eigenvalue weighted by Crippen LogP contribution is 2.17. The molecule has 14 heavy (non-hydrogen) atoms. The van der Waals surface area contributed by atoms with Gasteiger partial charge < -0.3 is 10.8 Å². The number of carbonyl (C=O) groups is 1. The van der Waals surface area contributed by atoms with Gasteiger partial charge in [-0.1, -0.05) is 12.1 Å². The minimum atomic E-state index is -0.847. The summed E-state index contributed by atoms with van der Waals surface area (Å²) in [6.07, 6.45) is 1.05. The van der Waals surface area contributed by atoms with Crippen LogP contribution in [-0.4, -0.2) is 11.1 Å². The number of benzene rings is 1. The predicted octanol–water partition coefficient (Wildman–Crippen LogP) is 1.82. The molecule has 0 aliphatic carbocycles. The molecule has 0 saturated carbocycles. The van der Waals surface area contributed by atoms with Gasteiger partial charge in [0.05, 0.1) is 5.69 Å². The van der Waals surface area contributed by atoms with Crippen LogP contribution in [0.1, 0.15) is 18.4 Å². The van der Waals surface area contributed by atoms with Crippen molar-refractivity contribution in [2.24, 2.45) is 0 Å². The van der Waals surface area contributed by atoms with Crippen molar-refractivity contribution < 1.29 is 14.3 Å². The van der Waals surface area contributed by atoms with Crippen molar-refractivity contribution >= 4 is 11.7 Å². The van der Waals surface area contributed by atoms with Gasteiger partial charge in [0.1, 0.15) is 5.82 Å². The maximum Gasteiger partial charge on any atom is 0.303 e. The Labute approximate surface area is 81.4 Å². The molecular formula is C10H12FNO2. The molecule has 0 unspecified atom stereocenters. The van der Waals surface area contributed by atoms with Crippen LogP contribution in [0.25, 0.3) is 0 Å². The number of halogens is 1. The molecule has 0 aromatic heterocycles. The average Bonchev–Trinajstić information content (AvgIpc) is 2.12. The van der Waals surface area contributed by atoms with Crippen LogP contribution in [0, 0.1) is 5.82 Å². The van der Waals surface area contributed by atoms with E-state index in [0.717, 1.165) is 0 Å². The number of aliphatic carboxylic acids is 1. The van der Waals surface area contributed by atoms with Gasteiger partial charge in [0.25, 0.3) is 0 Å². The van der Waals surface area contributed by atoms with Crippen molar-refractivity contribution in [3.8, 4) is 0 Å². The Bertz CT molecular complexity index is 339. The van der Waals surface area contributed by atoms with E-state index in [1.807, 2.05) is 0 Å². The third kappa shape index (κ3) is 2.73. The van der Waals surface area contributed by atoms with Gasteiger partial charge in [0.2, 0.25) is 0 Å². The molecule has 0 atom stereocenters. The molecule has 0 radical (unpaired) electrons. The van der Waals surface area contributed by atoms with Crippen molar-refractivity contribution in [2.75, 3.05) is 5.73 Å². The van der Waals surface area contributed by atoms with Gasteiger partial charge in [-0.05, 0) is 24.5 Å². The van der Waals surface area contributed by atoms with E-state index in [4.69, 9.17) is 10.8 Å². The number of hydrogen-bond donors (Lipinski definition) is 2. The molecule has 0 spiro atoms. The molecule has 0 aliphatic heterocycles. The van der Waals surface area contributed by atoms with Crippen molar-refractivity contribution in [3.05, 3.63) is 29.6 Å². The topological polar surface area (TPSA) is 63.3 Å². The zero-order chi connectivity index (χ0) is 10.6. The Balaban J connectivity index is 2.59. The first-order valence-electron chi connectivity index (χ1n) is 4.36. The molecule has 0 aliphatic rings. The summed E-state index contributed by atoms with van der Waals surface area (Å²) in [4.78, 5) is 10.2. The summed E-state index contributed by atoms with van der Waals surface area (Å²) < 4.78 is 12.9. The summed E-state index contributed by atoms with van der Waals surface area (Å²) in [6.45, 7) is 0. The second-order valence-corrected chi connectivity index (χ2v) is 3.06. The number of rotatable bonds is 4. The number of nitrogen functional groups attached to an aromatic ring is 1. The zero-order valence-corrected chi connectivity index (χ0v) is 7.66. The zero-order valence-electron chi connectivity index (χ0n) is 7.66. The smallest absolute Gasteiger partial charge is 0.303 e. The summed E-state index contributed by atoms with van der Waals surface area (Å²) in [5, 5.41) is 8.41. The second kappa shape index (κ2) is 4.60. The standard InChI is InChI=1S/C10H12FNO2/c11-8-5-1-3-7(10(8)12)4-2-6-9(13)14/h1,3,5H,2,4,6,12H2,(H,13,14). The number of para-hydroxylation sites is 1.